The van der Waals surface area contributed by atoms with Gasteiger partial charge in [-0.05, 0) is 6.42 Å². The van der Waals surface area contributed by atoms with Crippen molar-refractivity contribution in [2.45, 2.75) is 32.8 Å². The molecular weight excluding hydrogens is 225 g/mol. The third kappa shape index (κ3) is 4.11. The molecule has 0 aliphatic rings. The van der Waals surface area contributed by atoms with Crippen LogP contribution in [-0.2, 0) is 11.3 Å². The van der Waals surface area contributed by atoms with E-state index in [1.54, 1.807) is 0 Å². The van der Waals surface area contributed by atoms with E-state index in [2.05, 4.69) is 6.92 Å². The fourth-order valence-corrected chi connectivity index (χ4v) is 1.45. The van der Waals surface area contributed by atoms with E-state index in [0.29, 0.717) is 6.61 Å². The Hall–Kier alpha value is -1.49. The molecule has 0 radical (unpaired) electrons. The first kappa shape index (κ1) is 13.6. The monoisotopic (exact) mass is 241 g/mol. The molecule has 1 aromatic carbocycles. The van der Waals surface area contributed by atoms with E-state index in [1.807, 2.05) is 0 Å². The van der Waals surface area contributed by atoms with Gasteiger partial charge in [0.25, 0.3) is 0 Å². The molecular formula is C12H16FNO3. The Morgan fingerprint density at radius 2 is 2.18 bits per heavy atom. The van der Waals surface area contributed by atoms with Crippen LogP contribution >= 0.6 is 0 Å². The maximum absolute atomic E-state index is 13.6. The van der Waals surface area contributed by atoms with Crippen LogP contribution in [-0.4, -0.2) is 11.5 Å². The van der Waals surface area contributed by atoms with E-state index in [1.165, 1.54) is 12.1 Å². The molecule has 0 saturated carbocycles. The molecule has 0 saturated heterocycles. The zero-order valence-electron chi connectivity index (χ0n) is 9.82. The van der Waals surface area contributed by atoms with Crippen LogP contribution in [0.4, 0.5) is 10.1 Å². The van der Waals surface area contributed by atoms with Gasteiger partial charge in [0.1, 0.15) is 0 Å². The predicted octanol–water partition coefficient (Wildman–Crippen LogP) is 3.44. The second-order valence-corrected chi connectivity index (χ2v) is 3.77. The summed E-state index contributed by atoms with van der Waals surface area (Å²) >= 11 is 0. The van der Waals surface area contributed by atoms with Gasteiger partial charge in [0.05, 0.1) is 11.5 Å². The van der Waals surface area contributed by atoms with Crippen molar-refractivity contribution in [1.82, 2.24) is 0 Å². The molecule has 0 aromatic heterocycles. The van der Waals surface area contributed by atoms with E-state index in [4.69, 9.17) is 4.74 Å². The van der Waals surface area contributed by atoms with E-state index in [-0.39, 0.29) is 12.2 Å². The number of unbranched alkanes of at least 4 members (excludes halogenated alkanes) is 2. The van der Waals surface area contributed by atoms with Gasteiger partial charge in [0, 0.05) is 18.2 Å². The summed E-state index contributed by atoms with van der Waals surface area (Å²) in [5, 5.41) is 10.5. The van der Waals surface area contributed by atoms with Crippen molar-refractivity contribution in [2.24, 2.45) is 0 Å². The van der Waals surface area contributed by atoms with E-state index < -0.39 is 16.4 Å². The van der Waals surface area contributed by atoms with Gasteiger partial charge in [-0.25, -0.2) is 0 Å². The van der Waals surface area contributed by atoms with Crippen molar-refractivity contribution in [3.63, 3.8) is 0 Å². The molecule has 4 nitrogen and oxygen atoms in total. The highest BCUT2D eigenvalue weighted by molar-refractivity contribution is 5.36. The number of ether oxygens (including phenoxy) is 1. The lowest BCUT2D eigenvalue weighted by atomic mass is 10.2. The first-order valence-corrected chi connectivity index (χ1v) is 5.66. The molecule has 1 rings (SSSR count). The lowest BCUT2D eigenvalue weighted by molar-refractivity contribution is -0.387. The maximum atomic E-state index is 13.6. The highest BCUT2D eigenvalue weighted by Crippen LogP contribution is 2.20. The number of nitrogens with zero attached hydrogens (tertiary/aromatic N) is 1. The summed E-state index contributed by atoms with van der Waals surface area (Å²) in [5.74, 6) is -0.798. The van der Waals surface area contributed by atoms with Crippen LogP contribution in [0, 0.1) is 15.9 Å². The molecule has 17 heavy (non-hydrogen) atoms. The van der Waals surface area contributed by atoms with Crippen molar-refractivity contribution in [2.75, 3.05) is 6.61 Å². The molecule has 0 fully saturated rings. The second kappa shape index (κ2) is 6.96. The van der Waals surface area contributed by atoms with Crippen molar-refractivity contribution >= 4 is 5.69 Å². The number of nitro groups is 1. The van der Waals surface area contributed by atoms with E-state index in [9.17, 15) is 14.5 Å². The number of nitro benzene ring substituents is 1. The molecule has 0 aliphatic carbocycles. The maximum Gasteiger partial charge on any atom is 0.305 e. The largest absolute Gasteiger partial charge is 0.377 e. The van der Waals surface area contributed by atoms with Gasteiger partial charge in [-0.3, -0.25) is 10.1 Å². The average Bonchev–Trinajstić information content (AvgIpc) is 2.30. The van der Waals surface area contributed by atoms with Gasteiger partial charge in [-0.1, -0.05) is 31.9 Å². The average molecular weight is 241 g/mol. The van der Waals surface area contributed by atoms with Crippen molar-refractivity contribution < 1.29 is 14.1 Å². The number of hydrogen-bond acceptors (Lipinski definition) is 3. The van der Waals surface area contributed by atoms with Crippen LogP contribution < -0.4 is 0 Å². The molecule has 0 unspecified atom stereocenters. The molecule has 94 valence electrons. The first-order valence-electron chi connectivity index (χ1n) is 5.66. The second-order valence-electron chi connectivity index (χ2n) is 3.77. The quantitative estimate of drug-likeness (QED) is 0.417. The van der Waals surface area contributed by atoms with Gasteiger partial charge >= 0.3 is 5.69 Å². The van der Waals surface area contributed by atoms with Gasteiger partial charge in [0.15, 0.2) is 0 Å². The molecule has 0 spiro atoms. The van der Waals surface area contributed by atoms with Crippen LogP contribution in [0.5, 0.6) is 0 Å². The predicted molar refractivity (Wildman–Crippen MR) is 62.2 cm³/mol. The van der Waals surface area contributed by atoms with Crippen molar-refractivity contribution in [3.05, 3.63) is 39.7 Å². The molecule has 0 heterocycles. The Balaban J connectivity index is 2.54. The third-order valence-corrected chi connectivity index (χ3v) is 2.40. The molecule has 0 bridgehead atoms. The van der Waals surface area contributed by atoms with Crippen molar-refractivity contribution in [3.8, 4) is 0 Å². The standard InChI is InChI=1S/C12H16FNO3/c1-2-3-4-8-17-9-10-6-5-7-11(12(10)13)14(15)16/h5-7H,2-4,8-9H2,1H3. The Bertz CT molecular complexity index is 382. The number of benzene rings is 1. The first-order chi connectivity index (χ1) is 8.16. The number of hydrogen-bond donors (Lipinski definition) is 0. The zero-order valence-corrected chi connectivity index (χ0v) is 9.82. The van der Waals surface area contributed by atoms with E-state index >= 15 is 0 Å². The Kier molecular flexibility index (Phi) is 5.56. The summed E-state index contributed by atoms with van der Waals surface area (Å²) in [5.41, 5.74) is -0.268. The SMILES string of the molecule is CCCCCOCc1cccc([N+](=O)[O-])c1F. The van der Waals surface area contributed by atoms with Gasteiger partial charge in [-0.2, -0.15) is 4.39 Å². The van der Waals surface area contributed by atoms with Crippen LogP contribution in [0.3, 0.4) is 0 Å². The molecule has 0 atom stereocenters. The van der Waals surface area contributed by atoms with E-state index in [0.717, 1.165) is 25.3 Å². The van der Waals surface area contributed by atoms with Crippen LogP contribution in [0.1, 0.15) is 31.7 Å². The zero-order chi connectivity index (χ0) is 12.7. The molecule has 0 N–H and O–H groups in total. The fourth-order valence-electron chi connectivity index (χ4n) is 1.45. The van der Waals surface area contributed by atoms with Gasteiger partial charge < -0.3 is 4.74 Å². The smallest absolute Gasteiger partial charge is 0.305 e. The summed E-state index contributed by atoms with van der Waals surface area (Å²) in [6, 6.07) is 4.12. The van der Waals surface area contributed by atoms with Crippen molar-refractivity contribution in [1.29, 1.82) is 0 Å². The van der Waals surface area contributed by atoms with Gasteiger partial charge in [0.2, 0.25) is 5.82 Å². The van der Waals surface area contributed by atoms with Gasteiger partial charge in [-0.15, -0.1) is 0 Å². The summed E-state index contributed by atoms with van der Waals surface area (Å²) < 4.78 is 18.9. The highest BCUT2D eigenvalue weighted by Gasteiger charge is 2.16. The lowest BCUT2D eigenvalue weighted by Crippen LogP contribution is -2.01. The molecule has 5 heteroatoms. The minimum absolute atomic E-state index is 0.0806. The van der Waals surface area contributed by atoms with Crippen LogP contribution in [0.2, 0.25) is 0 Å². The number of halogens is 1. The Labute approximate surface area is 99.6 Å². The molecule has 0 amide bonds. The molecule has 0 aliphatic heterocycles. The highest BCUT2D eigenvalue weighted by atomic mass is 19.1. The van der Waals surface area contributed by atoms with Crippen LogP contribution in [0.15, 0.2) is 18.2 Å². The lowest BCUT2D eigenvalue weighted by Gasteiger charge is -2.05. The van der Waals surface area contributed by atoms with Crippen LogP contribution in [0.25, 0.3) is 0 Å². The minimum atomic E-state index is -0.798. The topological polar surface area (TPSA) is 52.4 Å². The summed E-state index contributed by atoms with van der Waals surface area (Å²) in [6.45, 7) is 2.72. The Morgan fingerprint density at radius 1 is 1.41 bits per heavy atom. The summed E-state index contributed by atoms with van der Waals surface area (Å²) in [6.07, 6.45) is 3.08. The molecule has 1 aromatic rings. The Morgan fingerprint density at radius 3 is 2.82 bits per heavy atom. The minimum Gasteiger partial charge on any atom is -0.377 e. The third-order valence-electron chi connectivity index (χ3n) is 2.40. The number of rotatable bonds is 7. The fraction of sp³-hybridized carbons (Fsp3) is 0.500. The summed E-state index contributed by atoms with van der Waals surface area (Å²) in [4.78, 5) is 9.79. The normalized spacial score (nSPS) is 10.5. The summed E-state index contributed by atoms with van der Waals surface area (Å²) in [7, 11) is 0.